The van der Waals surface area contributed by atoms with Crippen molar-refractivity contribution in [2.45, 2.75) is 20.8 Å². The van der Waals surface area contributed by atoms with E-state index in [4.69, 9.17) is 0 Å². The minimum Gasteiger partial charge on any atom is -0.289 e. The zero-order valence-corrected chi connectivity index (χ0v) is 11.8. The minimum atomic E-state index is -0.0225. The van der Waals surface area contributed by atoms with E-state index in [9.17, 15) is 4.79 Å². The van der Waals surface area contributed by atoms with E-state index in [0.717, 1.165) is 5.56 Å². The summed E-state index contributed by atoms with van der Waals surface area (Å²) < 4.78 is 1.63. The first kappa shape index (κ1) is 13.3. The van der Waals surface area contributed by atoms with Gasteiger partial charge in [0.2, 0.25) is 0 Å². The Morgan fingerprint density at radius 1 is 1.16 bits per heavy atom. The number of ketones is 1. The number of nitrogens with zero attached hydrogens (tertiary/aromatic N) is 2. The molecule has 19 heavy (non-hydrogen) atoms. The van der Waals surface area contributed by atoms with E-state index in [1.54, 1.807) is 30.2 Å². The average Bonchev–Trinajstić information content (AvgIpc) is 2.78. The van der Waals surface area contributed by atoms with Gasteiger partial charge in [-0.3, -0.25) is 9.48 Å². The largest absolute Gasteiger partial charge is 0.289 e. The molecular formula is C16H18N2O. The quantitative estimate of drug-likeness (QED) is 0.622. The van der Waals surface area contributed by atoms with Gasteiger partial charge in [0, 0.05) is 13.2 Å². The molecule has 1 aromatic heterocycles. The topological polar surface area (TPSA) is 34.9 Å². The van der Waals surface area contributed by atoms with Crippen molar-refractivity contribution in [2.24, 2.45) is 7.05 Å². The Balaban J connectivity index is 2.23. The molecule has 0 aliphatic rings. The van der Waals surface area contributed by atoms with Crippen molar-refractivity contribution in [2.75, 3.05) is 0 Å². The highest BCUT2D eigenvalue weighted by Gasteiger charge is 2.04. The Morgan fingerprint density at radius 3 is 2.47 bits per heavy atom. The second-order valence-electron chi connectivity index (χ2n) is 4.89. The number of aromatic nitrogens is 2. The molecule has 2 rings (SSSR count). The van der Waals surface area contributed by atoms with E-state index in [-0.39, 0.29) is 5.78 Å². The van der Waals surface area contributed by atoms with Gasteiger partial charge in [-0.25, -0.2) is 0 Å². The number of benzene rings is 1. The van der Waals surface area contributed by atoms with Gasteiger partial charge >= 0.3 is 0 Å². The lowest BCUT2D eigenvalue weighted by molar-refractivity contribution is 0.104. The Labute approximate surface area is 113 Å². The summed E-state index contributed by atoms with van der Waals surface area (Å²) in [7, 11) is 1.80. The third-order valence-electron chi connectivity index (χ3n) is 3.29. The van der Waals surface area contributed by atoms with Gasteiger partial charge in [0.05, 0.1) is 11.8 Å². The van der Waals surface area contributed by atoms with Crippen LogP contribution in [0.4, 0.5) is 0 Å². The van der Waals surface area contributed by atoms with Gasteiger partial charge < -0.3 is 0 Å². The maximum absolute atomic E-state index is 12.0. The summed E-state index contributed by atoms with van der Waals surface area (Å²) in [6, 6.07) is 4.25. The SMILES string of the molecule is Cc1cc(C)c(C=CC(=O)c2cnn(C)c2)cc1C. The number of aryl methyl sites for hydroxylation is 4. The van der Waals surface area contributed by atoms with Crippen LogP contribution < -0.4 is 0 Å². The number of rotatable bonds is 3. The first-order valence-corrected chi connectivity index (χ1v) is 6.26. The molecule has 0 amide bonds. The van der Waals surface area contributed by atoms with Gasteiger partial charge in [-0.2, -0.15) is 5.10 Å². The normalized spacial score (nSPS) is 11.2. The van der Waals surface area contributed by atoms with Crippen molar-refractivity contribution < 1.29 is 4.79 Å². The van der Waals surface area contributed by atoms with Crippen LogP contribution in [-0.2, 0) is 7.05 Å². The van der Waals surface area contributed by atoms with E-state index in [1.807, 2.05) is 6.08 Å². The predicted octanol–water partition coefficient (Wildman–Crippen LogP) is 3.24. The fourth-order valence-corrected chi connectivity index (χ4v) is 1.97. The Bertz CT molecular complexity index is 651. The van der Waals surface area contributed by atoms with Crippen LogP contribution in [0.3, 0.4) is 0 Å². The minimum absolute atomic E-state index is 0.0225. The summed E-state index contributed by atoms with van der Waals surface area (Å²) in [4.78, 5) is 12.0. The molecule has 0 atom stereocenters. The third-order valence-corrected chi connectivity index (χ3v) is 3.29. The van der Waals surface area contributed by atoms with Crippen LogP contribution in [0, 0.1) is 20.8 Å². The predicted molar refractivity (Wildman–Crippen MR) is 77.2 cm³/mol. The van der Waals surface area contributed by atoms with Crippen LogP contribution in [-0.4, -0.2) is 15.6 Å². The molecule has 1 heterocycles. The fraction of sp³-hybridized carbons (Fsp3) is 0.250. The van der Waals surface area contributed by atoms with Gasteiger partial charge in [-0.1, -0.05) is 18.2 Å². The molecule has 0 unspecified atom stereocenters. The second kappa shape index (κ2) is 5.22. The van der Waals surface area contributed by atoms with Crippen LogP contribution in [0.15, 0.2) is 30.6 Å². The summed E-state index contributed by atoms with van der Waals surface area (Å²) in [5.74, 6) is -0.0225. The van der Waals surface area contributed by atoms with Crippen LogP contribution in [0.5, 0.6) is 0 Å². The maximum atomic E-state index is 12.0. The molecule has 0 bridgehead atoms. The number of carbonyl (C=O) groups excluding carboxylic acids is 1. The summed E-state index contributed by atoms with van der Waals surface area (Å²) in [5.41, 5.74) is 5.38. The summed E-state index contributed by atoms with van der Waals surface area (Å²) in [6.07, 6.45) is 6.78. The zero-order valence-electron chi connectivity index (χ0n) is 11.8. The molecule has 0 radical (unpaired) electrons. The fourth-order valence-electron chi connectivity index (χ4n) is 1.97. The van der Waals surface area contributed by atoms with Crippen LogP contribution in [0.1, 0.15) is 32.6 Å². The number of hydrogen-bond donors (Lipinski definition) is 0. The van der Waals surface area contributed by atoms with E-state index < -0.39 is 0 Å². The highest BCUT2D eigenvalue weighted by Crippen LogP contribution is 2.17. The Hall–Kier alpha value is -2.16. The lowest BCUT2D eigenvalue weighted by Gasteiger charge is -2.05. The first-order valence-electron chi connectivity index (χ1n) is 6.26. The molecule has 2 aromatic rings. The smallest absolute Gasteiger partial charge is 0.189 e. The molecule has 0 saturated heterocycles. The maximum Gasteiger partial charge on any atom is 0.189 e. The lowest BCUT2D eigenvalue weighted by Crippen LogP contribution is -1.93. The van der Waals surface area contributed by atoms with E-state index in [2.05, 4.69) is 38.0 Å². The van der Waals surface area contributed by atoms with E-state index >= 15 is 0 Å². The Morgan fingerprint density at radius 2 is 1.84 bits per heavy atom. The van der Waals surface area contributed by atoms with Gasteiger partial charge in [-0.05, 0) is 49.1 Å². The van der Waals surface area contributed by atoms with Crippen molar-refractivity contribution in [1.29, 1.82) is 0 Å². The van der Waals surface area contributed by atoms with Gasteiger partial charge in [-0.15, -0.1) is 0 Å². The molecule has 3 nitrogen and oxygen atoms in total. The molecular weight excluding hydrogens is 236 g/mol. The summed E-state index contributed by atoms with van der Waals surface area (Å²) in [5, 5.41) is 4.00. The molecule has 0 saturated carbocycles. The Kier molecular flexibility index (Phi) is 3.65. The van der Waals surface area contributed by atoms with Crippen molar-refractivity contribution >= 4 is 11.9 Å². The molecule has 0 spiro atoms. The third kappa shape index (κ3) is 2.99. The van der Waals surface area contributed by atoms with E-state index in [0.29, 0.717) is 5.56 Å². The molecule has 1 aromatic carbocycles. The van der Waals surface area contributed by atoms with Crippen LogP contribution >= 0.6 is 0 Å². The molecule has 3 heteroatoms. The highest BCUT2D eigenvalue weighted by molar-refractivity contribution is 6.06. The number of carbonyl (C=O) groups is 1. The van der Waals surface area contributed by atoms with Crippen LogP contribution in [0.25, 0.3) is 6.08 Å². The van der Waals surface area contributed by atoms with Crippen molar-refractivity contribution in [1.82, 2.24) is 9.78 Å². The standard InChI is InChI=1S/C16H18N2O/c1-11-7-13(3)14(8-12(11)2)5-6-16(19)15-9-17-18(4)10-15/h5-10H,1-4H3. The number of allylic oxidation sites excluding steroid dienone is 1. The van der Waals surface area contributed by atoms with Crippen molar-refractivity contribution in [3.8, 4) is 0 Å². The highest BCUT2D eigenvalue weighted by atomic mass is 16.1. The van der Waals surface area contributed by atoms with Crippen molar-refractivity contribution in [3.63, 3.8) is 0 Å². The second-order valence-corrected chi connectivity index (χ2v) is 4.89. The molecule has 0 aliphatic carbocycles. The van der Waals surface area contributed by atoms with Gasteiger partial charge in [0.15, 0.2) is 5.78 Å². The molecule has 0 N–H and O–H groups in total. The summed E-state index contributed by atoms with van der Waals surface area (Å²) in [6.45, 7) is 6.23. The first-order chi connectivity index (χ1) is 8.97. The van der Waals surface area contributed by atoms with Gasteiger partial charge in [0.25, 0.3) is 0 Å². The number of hydrogen-bond acceptors (Lipinski definition) is 2. The van der Waals surface area contributed by atoms with E-state index in [1.165, 1.54) is 16.7 Å². The summed E-state index contributed by atoms with van der Waals surface area (Å²) >= 11 is 0. The lowest BCUT2D eigenvalue weighted by atomic mass is 10.00. The van der Waals surface area contributed by atoms with Gasteiger partial charge in [0.1, 0.15) is 0 Å². The zero-order chi connectivity index (χ0) is 14.0. The molecule has 98 valence electrons. The van der Waals surface area contributed by atoms with Crippen LogP contribution in [0.2, 0.25) is 0 Å². The average molecular weight is 254 g/mol. The monoisotopic (exact) mass is 254 g/mol. The molecule has 0 fully saturated rings. The van der Waals surface area contributed by atoms with Crippen molar-refractivity contribution in [3.05, 3.63) is 58.4 Å². The molecule has 0 aliphatic heterocycles.